The van der Waals surface area contributed by atoms with Crippen LogP contribution in [0.1, 0.15) is 30.5 Å². The van der Waals surface area contributed by atoms with Crippen LogP contribution in [-0.2, 0) is 4.79 Å². The van der Waals surface area contributed by atoms with Gasteiger partial charge in [0, 0.05) is 43.6 Å². The molecule has 6 nitrogen and oxygen atoms in total. The van der Waals surface area contributed by atoms with Gasteiger partial charge in [0.1, 0.15) is 6.04 Å². The van der Waals surface area contributed by atoms with Crippen molar-refractivity contribution in [1.82, 2.24) is 15.8 Å². The molecule has 0 aliphatic carbocycles. The third-order valence-corrected chi connectivity index (χ3v) is 6.07. The number of nitrogens with zero attached hydrogens (tertiary/aromatic N) is 2. The normalized spacial score (nSPS) is 22.6. The summed E-state index contributed by atoms with van der Waals surface area (Å²) in [4.78, 5) is 17.7. The summed E-state index contributed by atoms with van der Waals surface area (Å²) >= 11 is 0. The predicted molar refractivity (Wildman–Crippen MR) is 118 cm³/mol. The fourth-order valence-electron chi connectivity index (χ4n) is 4.16. The van der Waals surface area contributed by atoms with Crippen molar-refractivity contribution in [2.75, 3.05) is 42.9 Å². The van der Waals surface area contributed by atoms with Crippen LogP contribution >= 0.6 is 0 Å². The van der Waals surface area contributed by atoms with Crippen molar-refractivity contribution >= 4 is 17.3 Å². The quantitative estimate of drug-likeness (QED) is 0.729. The van der Waals surface area contributed by atoms with Gasteiger partial charge in [0.2, 0.25) is 5.91 Å². The zero-order valence-corrected chi connectivity index (χ0v) is 17.3. The number of aryl methyl sites for hydroxylation is 1. The lowest BCUT2D eigenvalue weighted by atomic mass is 10.0. The molecule has 0 radical (unpaired) electrons. The first-order valence-corrected chi connectivity index (χ1v) is 10.6. The minimum absolute atomic E-state index is 0.00309. The predicted octanol–water partition coefficient (Wildman–Crippen LogP) is 2.68. The van der Waals surface area contributed by atoms with E-state index in [4.69, 9.17) is 0 Å². The van der Waals surface area contributed by atoms with E-state index in [2.05, 4.69) is 64.1 Å². The lowest BCUT2D eigenvalue weighted by Gasteiger charge is -2.35. The molecule has 2 atom stereocenters. The number of anilines is 2. The van der Waals surface area contributed by atoms with Gasteiger partial charge in [-0.05, 0) is 49.2 Å². The van der Waals surface area contributed by atoms with Gasteiger partial charge in [0.15, 0.2) is 0 Å². The van der Waals surface area contributed by atoms with Crippen molar-refractivity contribution in [2.45, 2.75) is 32.4 Å². The molecule has 6 heteroatoms. The molecule has 2 heterocycles. The number of amides is 1. The van der Waals surface area contributed by atoms with E-state index in [1.54, 1.807) is 0 Å². The molecule has 2 aromatic rings. The van der Waals surface area contributed by atoms with Crippen LogP contribution in [0.3, 0.4) is 0 Å². The maximum atomic E-state index is 12.8. The van der Waals surface area contributed by atoms with E-state index < -0.39 is 0 Å². The van der Waals surface area contributed by atoms with Crippen molar-refractivity contribution in [3.63, 3.8) is 0 Å². The summed E-state index contributed by atoms with van der Waals surface area (Å²) in [6, 6.07) is 16.5. The third-order valence-electron chi connectivity index (χ3n) is 6.07. The second-order valence-electron chi connectivity index (χ2n) is 7.95. The molecule has 0 spiro atoms. The van der Waals surface area contributed by atoms with E-state index in [0.717, 1.165) is 50.4 Å². The van der Waals surface area contributed by atoms with Gasteiger partial charge in [-0.1, -0.05) is 37.3 Å². The molecule has 154 valence electrons. The Hall–Kier alpha value is -2.41. The van der Waals surface area contributed by atoms with Crippen LogP contribution in [0.2, 0.25) is 0 Å². The number of likely N-dealkylation sites (N-methyl/N-ethyl adjacent to an activating group) is 1. The van der Waals surface area contributed by atoms with Gasteiger partial charge in [0.25, 0.3) is 0 Å². The Bertz CT molecular complexity index is 832. The third kappa shape index (κ3) is 4.61. The van der Waals surface area contributed by atoms with Crippen molar-refractivity contribution in [1.29, 1.82) is 0 Å². The zero-order chi connectivity index (χ0) is 20.2. The highest BCUT2D eigenvalue weighted by Crippen LogP contribution is 2.26. The second-order valence-corrected chi connectivity index (χ2v) is 7.95. The van der Waals surface area contributed by atoms with Gasteiger partial charge in [-0.2, -0.15) is 0 Å². The van der Waals surface area contributed by atoms with Crippen LogP contribution in [0, 0.1) is 6.92 Å². The van der Waals surface area contributed by atoms with Crippen molar-refractivity contribution < 1.29 is 4.79 Å². The van der Waals surface area contributed by atoms with E-state index in [-0.39, 0.29) is 18.0 Å². The molecule has 3 N–H and O–H groups in total. The van der Waals surface area contributed by atoms with E-state index in [9.17, 15) is 4.79 Å². The van der Waals surface area contributed by atoms with E-state index >= 15 is 0 Å². The fraction of sp³-hybridized carbons (Fsp3) is 0.435. The number of nitrogens with one attached hydrogen (secondary N) is 3. The fourth-order valence-corrected chi connectivity index (χ4v) is 4.16. The molecule has 0 aromatic heterocycles. The Kier molecular flexibility index (Phi) is 6.13. The van der Waals surface area contributed by atoms with Crippen LogP contribution < -0.4 is 21.1 Å². The van der Waals surface area contributed by atoms with Crippen LogP contribution in [0.4, 0.5) is 11.4 Å². The van der Waals surface area contributed by atoms with Crippen LogP contribution in [-0.4, -0.2) is 49.6 Å². The highest BCUT2D eigenvalue weighted by Gasteiger charge is 2.30. The first-order valence-electron chi connectivity index (χ1n) is 10.6. The number of rotatable bonds is 5. The van der Waals surface area contributed by atoms with Crippen LogP contribution in [0.15, 0.2) is 48.5 Å². The number of hydrogen-bond acceptors (Lipinski definition) is 5. The molecule has 0 bridgehead atoms. The average Bonchev–Trinajstić information content (AvgIpc) is 3.26. The zero-order valence-electron chi connectivity index (χ0n) is 17.3. The molecule has 2 fully saturated rings. The Labute approximate surface area is 173 Å². The lowest BCUT2D eigenvalue weighted by Crippen LogP contribution is -2.46. The molecule has 2 aliphatic heterocycles. The van der Waals surface area contributed by atoms with Gasteiger partial charge >= 0.3 is 0 Å². The largest absolute Gasteiger partial charge is 0.369 e. The van der Waals surface area contributed by atoms with E-state index in [0.29, 0.717) is 0 Å². The smallest absolute Gasteiger partial charge is 0.242 e. The highest BCUT2D eigenvalue weighted by atomic mass is 16.2. The summed E-state index contributed by atoms with van der Waals surface area (Å²) in [6.07, 6.45) is 0.731. The van der Waals surface area contributed by atoms with E-state index in [1.165, 1.54) is 11.3 Å². The Morgan fingerprint density at radius 1 is 1.07 bits per heavy atom. The molecule has 0 saturated carbocycles. The maximum absolute atomic E-state index is 12.8. The minimum atomic E-state index is -0.249. The van der Waals surface area contributed by atoms with Gasteiger partial charge in [-0.3, -0.25) is 4.79 Å². The number of carbonyl (C=O) groups is 1. The summed E-state index contributed by atoms with van der Waals surface area (Å²) in [5.74, 6) is 0.00309. The van der Waals surface area contributed by atoms with Gasteiger partial charge in [-0.15, -0.1) is 0 Å². The molecule has 2 aromatic carbocycles. The topological polar surface area (TPSA) is 59.6 Å². The Balaban J connectivity index is 1.35. The van der Waals surface area contributed by atoms with Gasteiger partial charge in [0.05, 0.1) is 0 Å². The number of hydrazine groups is 1. The summed E-state index contributed by atoms with van der Waals surface area (Å²) in [7, 11) is 0. The standard InChI is InChI=1S/C23H31N5O/c1-3-27-11-13-28(14-12-27)19-9-10-20(17(2)15-19)24-23(29)22-16-21(25-26-22)18-7-5-4-6-8-18/h4-10,15,21-22,25-26H,3,11-14,16H2,1-2H3,(H,24,29). The highest BCUT2D eigenvalue weighted by molar-refractivity contribution is 5.95. The number of benzene rings is 2. The van der Waals surface area contributed by atoms with Crippen molar-refractivity contribution in [3.8, 4) is 0 Å². The minimum Gasteiger partial charge on any atom is -0.369 e. The average molecular weight is 394 g/mol. The second kappa shape index (κ2) is 8.95. The molecule has 29 heavy (non-hydrogen) atoms. The number of piperazine rings is 1. The van der Waals surface area contributed by atoms with Crippen LogP contribution in [0.5, 0.6) is 0 Å². The number of carbonyl (C=O) groups excluding carboxylic acids is 1. The summed E-state index contributed by atoms with van der Waals surface area (Å²) < 4.78 is 0. The van der Waals surface area contributed by atoms with Gasteiger partial charge in [-0.25, -0.2) is 10.9 Å². The lowest BCUT2D eigenvalue weighted by molar-refractivity contribution is -0.117. The molecular weight excluding hydrogens is 362 g/mol. The van der Waals surface area contributed by atoms with Crippen molar-refractivity contribution in [2.24, 2.45) is 0 Å². The van der Waals surface area contributed by atoms with Crippen molar-refractivity contribution in [3.05, 3.63) is 59.7 Å². The van der Waals surface area contributed by atoms with Gasteiger partial charge < -0.3 is 15.1 Å². The first-order chi connectivity index (χ1) is 14.1. The number of hydrogen-bond donors (Lipinski definition) is 3. The Morgan fingerprint density at radius 3 is 2.52 bits per heavy atom. The molecule has 4 rings (SSSR count). The summed E-state index contributed by atoms with van der Waals surface area (Å²) in [6.45, 7) is 9.72. The molecule has 2 aliphatic rings. The molecule has 1 amide bonds. The summed E-state index contributed by atoms with van der Waals surface area (Å²) in [5, 5.41) is 3.10. The maximum Gasteiger partial charge on any atom is 0.242 e. The van der Waals surface area contributed by atoms with Crippen LogP contribution in [0.25, 0.3) is 0 Å². The molecule has 2 unspecified atom stereocenters. The summed E-state index contributed by atoms with van der Waals surface area (Å²) in [5.41, 5.74) is 10.8. The van der Waals surface area contributed by atoms with E-state index in [1.807, 2.05) is 24.3 Å². The SMILES string of the molecule is CCN1CCN(c2ccc(NC(=O)C3CC(c4ccccc4)NN3)c(C)c2)CC1. The first kappa shape index (κ1) is 19.9. The molecular formula is C23H31N5O. The monoisotopic (exact) mass is 393 g/mol. The Morgan fingerprint density at radius 2 is 1.83 bits per heavy atom. The molecule has 2 saturated heterocycles.